The van der Waals surface area contributed by atoms with E-state index in [4.69, 9.17) is 19.4 Å². The number of hydrogen-bond donors (Lipinski definition) is 1. The molecule has 1 aliphatic rings. The number of rotatable bonds is 7. The third-order valence-electron chi connectivity index (χ3n) is 6.88. The van der Waals surface area contributed by atoms with Gasteiger partial charge in [0.1, 0.15) is 17.1 Å². The molecule has 1 N–H and O–H groups in total. The summed E-state index contributed by atoms with van der Waals surface area (Å²) in [6, 6.07) is 14.0. The van der Waals surface area contributed by atoms with E-state index >= 15 is 0 Å². The van der Waals surface area contributed by atoms with E-state index in [1.807, 2.05) is 36.4 Å². The molecule has 0 saturated carbocycles. The summed E-state index contributed by atoms with van der Waals surface area (Å²) < 4.78 is 13.0. The lowest BCUT2D eigenvalue weighted by Gasteiger charge is -2.36. The first kappa shape index (κ1) is 22.5. The second kappa shape index (κ2) is 9.14. The van der Waals surface area contributed by atoms with Crippen LogP contribution in [0.5, 0.6) is 11.5 Å². The summed E-state index contributed by atoms with van der Waals surface area (Å²) in [5.74, 6) is 2.32. The lowest BCUT2D eigenvalue weighted by atomic mass is 9.83. The zero-order valence-corrected chi connectivity index (χ0v) is 20.5. The molecule has 1 saturated heterocycles. The number of fused-ring (bicyclic) bond motifs is 3. The zero-order valence-electron chi connectivity index (χ0n) is 20.5. The molecule has 0 radical (unpaired) electrons. The Hall–Kier alpha value is -3.32. The van der Waals surface area contributed by atoms with Crippen LogP contribution in [0.3, 0.4) is 0 Å². The van der Waals surface area contributed by atoms with Gasteiger partial charge in [0.2, 0.25) is 5.95 Å². The van der Waals surface area contributed by atoms with Crippen LogP contribution in [0.1, 0.15) is 37.9 Å². The largest absolute Gasteiger partial charge is 0.497 e. The molecule has 1 fully saturated rings. The van der Waals surface area contributed by atoms with Crippen molar-refractivity contribution in [2.45, 2.75) is 39.8 Å². The van der Waals surface area contributed by atoms with Crippen molar-refractivity contribution in [2.24, 2.45) is 5.41 Å². The molecule has 2 aromatic carbocycles. The van der Waals surface area contributed by atoms with Gasteiger partial charge < -0.3 is 14.8 Å². The van der Waals surface area contributed by atoms with Crippen molar-refractivity contribution in [1.82, 2.24) is 19.3 Å². The summed E-state index contributed by atoms with van der Waals surface area (Å²) in [7, 11) is 3.33. The second-order valence-electron chi connectivity index (χ2n) is 9.85. The van der Waals surface area contributed by atoms with E-state index in [1.165, 1.54) is 12.8 Å². The Morgan fingerprint density at radius 1 is 1.00 bits per heavy atom. The predicted molar refractivity (Wildman–Crippen MR) is 136 cm³/mol. The number of hydrogen-bond acceptors (Lipinski definition) is 6. The van der Waals surface area contributed by atoms with Crippen molar-refractivity contribution >= 4 is 22.5 Å². The fraction of sp³-hybridized carbons (Fsp3) is 0.407. The molecule has 0 amide bonds. The van der Waals surface area contributed by atoms with Gasteiger partial charge in [0.05, 0.1) is 25.4 Å². The number of anilines is 1. The van der Waals surface area contributed by atoms with Crippen LogP contribution in [-0.2, 0) is 13.1 Å². The fourth-order valence-electron chi connectivity index (χ4n) is 4.63. The van der Waals surface area contributed by atoms with Crippen LogP contribution in [0.25, 0.3) is 16.6 Å². The van der Waals surface area contributed by atoms with Gasteiger partial charge in [-0.05, 0) is 55.6 Å². The SMILES string of the molecule is COc1ccc(CNc2nc3ccccc3c3nc(CN4CCC(C)(C)CC4)cn23)c(OC)c1. The number of benzene rings is 2. The molecule has 7 heteroatoms. The van der Waals surface area contributed by atoms with Gasteiger partial charge in [0, 0.05) is 36.3 Å². The highest BCUT2D eigenvalue weighted by molar-refractivity contribution is 5.92. The van der Waals surface area contributed by atoms with Crippen LogP contribution in [0.15, 0.2) is 48.7 Å². The molecule has 2 aromatic heterocycles. The summed E-state index contributed by atoms with van der Waals surface area (Å²) >= 11 is 0. The van der Waals surface area contributed by atoms with Gasteiger partial charge in [-0.15, -0.1) is 0 Å². The summed E-state index contributed by atoms with van der Waals surface area (Å²) in [5.41, 5.74) is 4.40. The quantitative estimate of drug-likeness (QED) is 0.413. The molecule has 0 aliphatic carbocycles. The molecule has 0 bridgehead atoms. The number of piperidine rings is 1. The molecule has 7 nitrogen and oxygen atoms in total. The van der Waals surface area contributed by atoms with E-state index < -0.39 is 0 Å². The molecule has 5 rings (SSSR count). The molecule has 0 spiro atoms. The second-order valence-corrected chi connectivity index (χ2v) is 9.85. The molecule has 1 aliphatic heterocycles. The zero-order chi connectivity index (χ0) is 23.7. The van der Waals surface area contributed by atoms with E-state index in [-0.39, 0.29) is 0 Å². The van der Waals surface area contributed by atoms with Crippen molar-refractivity contribution in [3.63, 3.8) is 0 Å². The van der Waals surface area contributed by atoms with Gasteiger partial charge in [0.25, 0.3) is 0 Å². The molecular weight excluding hydrogens is 426 g/mol. The van der Waals surface area contributed by atoms with Gasteiger partial charge in [0.15, 0.2) is 0 Å². The van der Waals surface area contributed by atoms with Crippen molar-refractivity contribution in [3.8, 4) is 11.5 Å². The third kappa shape index (κ3) is 4.53. The van der Waals surface area contributed by atoms with Crippen molar-refractivity contribution < 1.29 is 9.47 Å². The number of imidazole rings is 1. The normalized spacial score (nSPS) is 16.1. The molecule has 4 aromatic rings. The molecule has 3 heterocycles. The smallest absolute Gasteiger partial charge is 0.209 e. The number of aromatic nitrogens is 3. The number of methoxy groups -OCH3 is 2. The summed E-state index contributed by atoms with van der Waals surface area (Å²) in [6.07, 6.45) is 4.57. The first-order valence-electron chi connectivity index (χ1n) is 11.9. The molecular formula is C27H33N5O2. The van der Waals surface area contributed by atoms with Gasteiger partial charge >= 0.3 is 0 Å². The number of nitrogens with one attached hydrogen (secondary N) is 1. The third-order valence-corrected chi connectivity index (χ3v) is 6.88. The fourth-order valence-corrected chi connectivity index (χ4v) is 4.63. The predicted octanol–water partition coefficient (Wildman–Crippen LogP) is 5.13. The summed E-state index contributed by atoms with van der Waals surface area (Å²) in [6.45, 7) is 8.39. The average Bonchev–Trinajstić information content (AvgIpc) is 3.28. The first-order valence-corrected chi connectivity index (χ1v) is 11.9. The van der Waals surface area contributed by atoms with Crippen molar-refractivity contribution in [2.75, 3.05) is 32.6 Å². The van der Waals surface area contributed by atoms with E-state index in [0.29, 0.717) is 12.0 Å². The highest BCUT2D eigenvalue weighted by Crippen LogP contribution is 2.31. The topological polar surface area (TPSA) is 63.9 Å². The maximum atomic E-state index is 5.57. The Bertz CT molecular complexity index is 1300. The minimum atomic E-state index is 0.440. The molecule has 0 unspecified atom stereocenters. The number of nitrogens with zero attached hydrogens (tertiary/aromatic N) is 4. The average molecular weight is 460 g/mol. The standard InChI is InChI=1S/C27H33N5O2/c1-27(2)11-13-31(14-12-27)17-20-18-32-25(29-20)22-7-5-6-8-23(22)30-26(32)28-16-19-9-10-21(33-3)15-24(19)34-4/h5-10,15,18H,11-14,16-17H2,1-4H3,(H,28,30). The van der Waals surface area contributed by atoms with Gasteiger partial charge in [-0.1, -0.05) is 26.0 Å². The first-order chi connectivity index (χ1) is 16.5. The van der Waals surface area contributed by atoms with Crippen LogP contribution < -0.4 is 14.8 Å². The molecule has 0 atom stereocenters. The Morgan fingerprint density at radius 3 is 2.56 bits per heavy atom. The summed E-state index contributed by atoms with van der Waals surface area (Å²) in [4.78, 5) is 12.5. The molecule has 178 valence electrons. The Labute approximate surface area is 200 Å². The maximum Gasteiger partial charge on any atom is 0.209 e. The van der Waals surface area contributed by atoms with Gasteiger partial charge in [-0.25, -0.2) is 9.97 Å². The van der Waals surface area contributed by atoms with Crippen molar-refractivity contribution in [3.05, 3.63) is 59.9 Å². The van der Waals surface area contributed by atoms with Gasteiger partial charge in [-0.2, -0.15) is 0 Å². The Morgan fingerprint density at radius 2 is 1.79 bits per heavy atom. The number of para-hydroxylation sites is 1. The highest BCUT2D eigenvalue weighted by Gasteiger charge is 2.26. The lowest BCUT2D eigenvalue weighted by molar-refractivity contribution is 0.126. The van der Waals surface area contributed by atoms with Crippen LogP contribution >= 0.6 is 0 Å². The highest BCUT2D eigenvalue weighted by atomic mass is 16.5. The molecule has 34 heavy (non-hydrogen) atoms. The van der Waals surface area contributed by atoms with E-state index in [0.717, 1.165) is 64.9 Å². The van der Waals surface area contributed by atoms with E-state index in [9.17, 15) is 0 Å². The maximum absolute atomic E-state index is 5.57. The Kier molecular flexibility index (Phi) is 6.04. The minimum Gasteiger partial charge on any atom is -0.497 e. The van der Waals surface area contributed by atoms with Crippen LogP contribution in [0.2, 0.25) is 0 Å². The monoisotopic (exact) mass is 459 g/mol. The van der Waals surface area contributed by atoms with Crippen molar-refractivity contribution in [1.29, 1.82) is 0 Å². The van der Waals surface area contributed by atoms with E-state index in [2.05, 4.69) is 40.7 Å². The van der Waals surface area contributed by atoms with Crippen LogP contribution in [0, 0.1) is 5.41 Å². The van der Waals surface area contributed by atoms with Gasteiger partial charge in [-0.3, -0.25) is 9.30 Å². The summed E-state index contributed by atoms with van der Waals surface area (Å²) in [5, 5.41) is 4.57. The Balaban J connectivity index is 1.45. The van der Waals surface area contributed by atoms with E-state index in [1.54, 1.807) is 14.2 Å². The minimum absolute atomic E-state index is 0.440. The lowest BCUT2D eigenvalue weighted by Crippen LogP contribution is -2.36. The van der Waals surface area contributed by atoms with Crippen LogP contribution in [0.4, 0.5) is 5.95 Å². The number of likely N-dealkylation sites (tertiary alicyclic amines) is 1. The number of ether oxygens (including phenoxy) is 2. The van der Waals surface area contributed by atoms with Crippen LogP contribution in [-0.4, -0.2) is 46.6 Å².